The quantitative estimate of drug-likeness (QED) is 0.207. The molecule has 0 spiro atoms. The van der Waals surface area contributed by atoms with Crippen molar-refractivity contribution in [3.8, 4) is 11.1 Å². The number of carbonyl (C=O) groups is 2. The summed E-state index contributed by atoms with van der Waals surface area (Å²) in [4.78, 5) is 30.4. The standard InChI is InChI=1S/C36H43F3N2O3/c1-26(2)44-33(42)25-35(3,28-11-6-5-7-12-28)21-10-22-41-23-19-30(20-24-41)40(4)34(43)32-14-9-8-13-31(32)27-15-17-29(18-16-27)36(37,38)39/h5-9,11-18,26,30H,10,19-25H2,1-4H3. The molecule has 3 aromatic carbocycles. The van der Waals surface area contributed by atoms with Crippen LogP contribution in [-0.2, 0) is 21.1 Å². The van der Waals surface area contributed by atoms with Crippen LogP contribution < -0.4 is 0 Å². The van der Waals surface area contributed by atoms with Gasteiger partial charge in [-0.15, -0.1) is 0 Å². The van der Waals surface area contributed by atoms with E-state index in [2.05, 4.69) is 24.0 Å². The Hall–Kier alpha value is -3.65. The van der Waals surface area contributed by atoms with E-state index in [1.165, 1.54) is 12.1 Å². The zero-order chi connectivity index (χ0) is 31.9. The molecule has 0 bridgehead atoms. The third kappa shape index (κ3) is 8.50. The summed E-state index contributed by atoms with van der Waals surface area (Å²) in [6.07, 6.45) is -0.775. The topological polar surface area (TPSA) is 49.9 Å². The van der Waals surface area contributed by atoms with Crippen molar-refractivity contribution in [1.82, 2.24) is 9.80 Å². The number of alkyl halides is 3. The lowest BCUT2D eigenvalue weighted by Crippen LogP contribution is -2.46. The van der Waals surface area contributed by atoms with Gasteiger partial charge in [-0.1, -0.05) is 67.6 Å². The van der Waals surface area contributed by atoms with Crippen molar-refractivity contribution in [3.63, 3.8) is 0 Å². The third-order valence-corrected chi connectivity index (χ3v) is 8.68. The summed E-state index contributed by atoms with van der Waals surface area (Å²) in [5, 5.41) is 0. The molecule has 0 aromatic heterocycles. The number of halogens is 3. The molecule has 3 aromatic rings. The lowest BCUT2D eigenvalue weighted by atomic mass is 9.76. The zero-order valence-corrected chi connectivity index (χ0v) is 26.1. The highest BCUT2D eigenvalue weighted by Crippen LogP contribution is 2.34. The number of amides is 1. The van der Waals surface area contributed by atoms with Crippen molar-refractivity contribution in [2.75, 3.05) is 26.7 Å². The minimum atomic E-state index is -4.41. The fourth-order valence-electron chi connectivity index (χ4n) is 6.14. The zero-order valence-electron chi connectivity index (χ0n) is 26.1. The molecule has 1 saturated heterocycles. The van der Waals surface area contributed by atoms with E-state index in [-0.39, 0.29) is 29.4 Å². The average molecular weight is 609 g/mol. The lowest BCUT2D eigenvalue weighted by molar-refractivity contribution is -0.149. The van der Waals surface area contributed by atoms with Crippen molar-refractivity contribution in [1.29, 1.82) is 0 Å². The number of likely N-dealkylation sites (tertiary alicyclic amines) is 1. The maximum Gasteiger partial charge on any atom is 0.416 e. The highest BCUT2D eigenvalue weighted by Gasteiger charge is 2.32. The van der Waals surface area contributed by atoms with Crippen LogP contribution in [0.15, 0.2) is 78.9 Å². The van der Waals surface area contributed by atoms with Gasteiger partial charge in [-0.3, -0.25) is 9.59 Å². The van der Waals surface area contributed by atoms with Gasteiger partial charge in [-0.25, -0.2) is 0 Å². The van der Waals surface area contributed by atoms with Crippen molar-refractivity contribution in [2.24, 2.45) is 0 Å². The van der Waals surface area contributed by atoms with E-state index in [9.17, 15) is 22.8 Å². The second-order valence-electron chi connectivity index (χ2n) is 12.4. The number of carbonyl (C=O) groups excluding carboxylic acids is 2. The maximum absolute atomic E-state index is 13.6. The van der Waals surface area contributed by atoms with E-state index >= 15 is 0 Å². The Morgan fingerprint density at radius 1 is 0.909 bits per heavy atom. The van der Waals surface area contributed by atoms with Crippen molar-refractivity contribution in [3.05, 3.63) is 95.6 Å². The molecular weight excluding hydrogens is 565 g/mol. The van der Waals surface area contributed by atoms with E-state index in [4.69, 9.17) is 4.74 Å². The second kappa shape index (κ2) is 14.4. The summed E-state index contributed by atoms with van der Waals surface area (Å²) in [7, 11) is 1.81. The molecule has 236 valence electrons. The maximum atomic E-state index is 13.6. The fraction of sp³-hybridized carbons (Fsp3) is 0.444. The van der Waals surface area contributed by atoms with Crippen LogP contribution >= 0.6 is 0 Å². The van der Waals surface area contributed by atoms with Gasteiger partial charge in [0.1, 0.15) is 0 Å². The Kier molecular flexibility index (Phi) is 10.9. The Morgan fingerprint density at radius 2 is 1.52 bits per heavy atom. The average Bonchev–Trinajstić information content (AvgIpc) is 3.00. The van der Waals surface area contributed by atoms with Gasteiger partial charge in [0.25, 0.3) is 5.91 Å². The van der Waals surface area contributed by atoms with Crippen LogP contribution in [0, 0.1) is 0 Å². The highest BCUT2D eigenvalue weighted by molar-refractivity contribution is 6.01. The number of esters is 1. The number of hydrogen-bond donors (Lipinski definition) is 0. The molecule has 1 atom stereocenters. The van der Waals surface area contributed by atoms with Gasteiger partial charge in [-0.05, 0) is 81.0 Å². The normalized spacial score (nSPS) is 16.0. The van der Waals surface area contributed by atoms with E-state index in [0.717, 1.165) is 63.0 Å². The number of rotatable bonds is 11. The smallest absolute Gasteiger partial charge is 0.416 e. The second-order valence-corrected chi connectivity index (χ2v) is 12.4. The molecule has 1 aliphatic heterocycles. The third-order valence-electron chi connectivity index (χ3n) is 8.68. The summed E-state index contributed by atoms with van der Waals surface area (Å²) < 4.78 is 44.7. The predicted molar refractivity (Wildman–Crippen MR) is 167 cm³/mol. The first-order chi connectivity index (χ1) is 20.9. The molecule has 0 saturated carbocycles. The first kappa shape index (κ1) is 33.2. The number of piperidine rings is 1. The van der Waals surface area contributed by atoms with Gasteiger partial charge in [0.15, 0.2) is 0 Å². The summed E-state index contributed by atoms with van der Waals surface area (Å²) in [6.45, 7) is 8.50. The van der Waals surface area contributed by atoms with Gasteiger partial charge >= 0.3 is 12.1 Å². The Morgan fingerprint density at radius 3 is 2.14 bits per heavy atom. The van der Waals surface area contributed by atoms with Gasteiger partial charge < -0.3 is 14.5 Å². The first-order valence-electron chi connectivity index (χ1n) is 15.4. The fourth-order valence-corrected chi connectivity index (χ4v) is 6.14. The molecule has 0 radical (unpaired) electrons. The van der Waals surface area contributed by atoms with Crippen molar-refractivity contribution in [2.45, 2.75) is 76.6 Å². The number of benzene rings is 3. The molecule has 1 heterocycles. The van der Waals surface area contributed by atoms with E-state index in [1.807, 2.05) is 39.1 Å². The summed E-state index contributed by atoms with van der Waals surface area (Å²) in [6, 6.07) is 22.2. The van der Waals surface area contributed by atoms with Crippen LogP contribution in [0.4, 0.5) is 13.2 Å². The molecule has 1 fully saturated rings. The molecule has 1 aliphatic rings. The molecule has 0 aliphatic carbocycles. The Bertz CT molecular complexity index is 1380. The highest BCUT2D eigenvalue weighted by atomic mass is 19.4. The molecule has 8 heteroatoms. The van der Waals surface area contributed by atoms with Gasteiger partial charge in [0.2, 0.25) is 0 Å². The summed E-state index contributed by atoms with van der Waals surface area (Å²) >= 11 is 0. The van der Waals surface area contributed by atoms with E-state index in [0.29, 0.717) is 23.1 Å². The first-order valence-corrected chi connectivity index (χ1v) is 15.4. The van der Waals surface area contributed by atoms with E-state index in [1.54, 1.807) is 29.2 Å². The SMILES string of the molecule is CC(C)OC(=O)CC(C)(CCCN1CCC(N(C)C(=O)c2ccccc2-c2ccc(C(F)(F)F)cc2)CC1)c1ccccc1. The van der Waals surface area contributed by atoms with Crippen molar-refractivity contribution >= 4 is 11.9 Å². The summed E-state index contributed by atoms with van der Waals surface area (Å²) in [5.74, 6) is -0.314. The lowest BCUT2D eigenvalue weighted by Gasteiger charge is -2.37. The van der Waals surface area contributed by atoms with Crippen molar-refractivity contribution < 1.29 is 27.5 Å². The molecule has 1 amide bonds. The number of nitrogens with zero attached hydrogens (tertiary/aromatic N) is 2. The van der Waals surface area contributed by atoms with Crippen LogP contribution in [0.5, 0.6) is 0 Å². The molecule has 5 nitrogen and oxygen atoms in total. The minimum absolute atomic E-state index is 0.0693. The molecular formula is C36H43F3N2O3. The van der Waals surface area contributed by atoms with Gasteiger partial charge in [-0.2, -0.15) is 13.2 Å². The minimum Gasteiger partial charge on any atom is -0.463 e. The molecule has 44 heavy (non-hydrogen) atoms. The Balaban J connectivity index is 1.33. The van der Waals surface area contributed by atoms with Crippen LogP contribution in [-0.4, -0.2) is 60.5 Å². The monoisotopic (exact) mass is 608 g/mol. The molecule has 4 rings (SSSR count). The van der Waals surface area contributed by atoms with E-state index < -0.39 is 11.7 Å². The summed E-state index contributed by atoms with van der Waals surface area (Å²) in [5.41, 5.74) is 1.77. The Labute approximate surface area is 259 Å². The largest absolute Gasteiger partial charge is 0.463 e. The molecule has 0 N–H and O–H groups in total. The molecule has 1 unspecified atom stereocenters. The predicted octanol–water partition coefficient (Wildman–Crippen LogP) is 7.99. The van der Waals surface area contributed by atoms with Gasteiger partial charge in [0.05, 0.1) is 18.1 Å². The van der Waals surface area contributed by atoms with Gasteiger partial charge in [0, 0.05) is 37.2 Å². The van der Waals surface area contributed by atoms with Crippen LogP contribution in [0.25, 0.3) is 11.1 Å². The van der Waals surface area contributed by atoms with Crippen LogP contribution in [0.1, 0.15) is 74.4 Å². The van der Waals surface area contributed by atoms with Crippen LogP contribution in [0.3, 0.4) is 0 Å². The number of ether oxygens (including phenoxy) is 1. The number of hydrogen-bond acceptors (Lipinski definition) is 4. The van der Waals surface area contributed by atoms with Crippen LogP contribution in [0.2, 0.25) is 0 Å².